The Bertz CT molecular complexity index is 1170. The Morgan fingerprint density at radius 2 is 2.11 bits per heavy atom. The molecule has 7 heteroatoms. The van der Waals surface area contributed by atoms with Crippen molar-refractivity contribution in [2.45, 2.75) is 32.7 Å². The van der Waals surface area contributed by atoms with Crippen LogP contribution < -0.4 is 10.5 Å². The summed E-state index contributed by atoms with van der Waals surface area (Å²) in [7, 11) is 1.68. The highest BCUT2D eigenvalue weighted by atomic mass is 16.5. The van der Waals surface area contributed by atoms with E-state index in [-0.39, 0.29) is 0 Å². The van der Waals surface area contributed by atoms with E-state index in [1.165, 1.54) is 5.69 Å². The van der Waals surface area contributed by atoms with Crippen molar-refractivity contribution in [3.63, 3.8) is 0 Å². The van der Waals surface area contributed by atoms with Crippen LogP contribution >= 0.6 is 0 Å². The predicted molar refractivity (Wildman–Crippen MR) is 107 cm³/mol. The number of methoxy groups -OCH3 is 1. The number of pyridine rings is 1. The minimum absolute atomic E-state index is 0.330. The third-order valence-electron chi connectivity index (χ3n) is 5.07. The lowest BCUT2D eigenvalue weighted by Gasteiger charge is -2.15. The fourth-order valence-electron chi connectivity index (χ4n) is 3.39. The molecule has 0 radical (unpaired) electrons. The Labute approximate surface area is 162 Å². The molecular formula is C21H22N4O3. The highest BCUT2D eigenvalue weighted by Crippen LogP contribution is 2.30. The summed E-state index contributed by atoms with van der Waals surface area (Å²) in [5.74, 6) is 0.992. The molecule has 3 heterocycles. The van der Waals surface area contributed by atoms with E-state index < -0.39 is 5.76 Å². The lowest BCUT2D eigenvalue weighted by molar-refractivity contribution is 0.387. The van der Waals surface area contributed by atoms with E-state index in [1.807, 2.05) is 18.2 Å². The highest BCUT2D eigenvalue weighted by molar-refractivity contribution is 5.83. The average Bonchev–Trinajstić information content (AvgIpc) is 3.31. The molecule has 0 spiro atoms. The van der Waals surface area contributed by atoms with Crippen molar-refractivity contribution in [1.29, 1.82) is 0 Å². The van der Waals surface area contributed by atoms with Crippen LogP contribution in [0.25, 0.3) is 22.4 Å². The molecule has 144 valence electrons. The maximum atomic E-state index is 11.2. The SMILES string of the molecule is CCC(C)c1cc2cc(OC)ccc2n1Cc1cccc(-c2noc(=O)[nH]2)n1. The molecule has 0 aliphatic rings. The van der Waals surface area contributed by atoms with E-state index in [4.69, 9.17) is 4.74 Å². The van der Waals surface area contributed by atoms with Crippen molar-refractivity contribution >= 4 is 10.9 Å². The van der Waals surface area contributed by atoms with E-state index in [0.29, 0.717) is 24.0 Å². The number of nitrogens with zero attached hydrogens (tertiary/aromatic N) is 3. The summed E-state index contributed by atoms with van der Waals surface area (Å²) >= 11 is 0. The zero-order valence-electron chi connectivity index (χ0n) is 16.1. The lowest BCUT2D eigenvalue weighted by Crippen LogP contribution is -2.08. The van der Waals surface area contributed by atoms with Crippen molar-refractivity contribution in [2.75, 3.05) is 7.11 Å². The molecule has 1 N–H and O–H groups in total. The Hall–Kier alpha value is -3.35. The second-order valence-corrected chi connectivity index (χ2v) is 6.85. The first-order chi connectivity index (χ1) is 13.6. The van der Waals surface area contributed by atoms with Gasteiger partial charge in [-0.1, -0.05) is 25.1 Å². The van der Waals surface area contributed by atoms with E-state index in [1.54, 1.807) is 13.2 Å². The summed E-state index contributed by atoms with van der Waals surface area (Å²) in [4.78, 5) is 18.4. The topological polar surface area (TPSA) is 85.9 Å². The molecule has 0 saturated heterocycles. The van der Waals surface area contributed by atoms with Crippen LogP contribution in [0.1, 0.15) is 37.6 Å². The molecule has 1 aromatic carbocycles. The molecule has 0 fully saturated rings. The summed E-state index contributed by atoms with van der Waals surface area (Å²) < 4.78 is 12.3. The van der Waals surface area contributed by atoms with Crippen molar-refractivity contribution in [1.82, 2.24) is 19.7 Å². The van der Waals surface area contributed by atoms with E-state index in [2.05, 4.69) is 56.3 Å². The van der Waals surface area contributed by atoms with Crippen molar-refractivity contribution in [3.05, 3.63) is 64.4 Å². The normalized spacial score (nSPS) is 12.4. The van der Waals surface area contributed by atoms with E-state index in [9.17, 15) is 4.79 Å². The monoisotopic (exact) mass is 378 g/mol. The van der Waals surface area contributed by atoms with Gasteiger partial charge in [0.15, 0.2) is 0 Å². The maximum Gasteiger partial charge on any atom is 0.439 e. The minimum Gasteiger partial charge on any atom is -0.497 e. The molecule has 0 bridgehead atoms. The molecule has 1 unspecified atom stereocenters. The number of rotatable bonds is 6. The Kier molecular flexibility index (Phi) is 4.73. The second kappa shape index (κ2) is 7.34. The predicted octanol–water partition coefficient (Wildman–Crippen LogP) is 3.95. The van der Waals surface area contributed by atoms with Gasteiger partial charge in [-0.25, -0.2) is 9.78 Å². The first-order valence-corrected chi connectivity index (χ1v) is 9.28. The van der Waals surface area contributed by atoms with Gasteiger partial charge in [-0.2, -0.15) is 0 Å². The highest BCUT2D eigenvalue weighted by Gasteiger charge is 2.15. The number of aromatic nitrogens is 4. The summed E-state index contributed by atoms with van der Waals surface area (Å²) in [5.41, 5.74) is 3.84. The van der Waals surface area contributed by atoms with Crippen molar-refractivity contribution in [3.8, 4) is 17.3 Å². The molecule has 1 atom stereocenters. The molecule has 0 saturated carbocycles. The van der Waals surface area contributed by atoms with Gasteiger partial charge in [0.2, 0.25) is 5.82 Å². The van der Waals surface area contributed by atoms with Gasteiger partial charge in [0.05, 0.1) is 19.3 Å². The summed E-state index contributed by atoms with van der Waals surface area (Å²) in [5, 5.41) is 4.87. The van der Waals surface area contributed by atoms with Gasteiger partial charge in [0.1, 0.15) is 11.4 Å². The third-order valence-corrected chi connectivity index (χ3v) is 5.07. The van der Waals surface area contributed by atoms with Crippen LogP contribution in [0.15, 0.2) is 51.8 Å². The standard InChI is InChI=1S/C21H22N4O3/c1-4-13(2)19-11-14-10-16(27-3)8-9-18(14)25(19)12-15-6-5-7-17(22-15)20-23-21(26)28-24-20/h5-11,13H,4,12H2,1-3H3,(H,23,24,26). The van der Waals surface area contributed by atoms with Crippen LogP contribution in [-0.4, -0.2) is 26.8 Å². The first-order valence-electron chi connectivity index (χ1n) is 9.28. The number of H-pyrrole nitrogens is 1. The van der Waals surface area contributed by atoms with Crippen LogP contribution in [0, 0.1) is 0 Å². The molecule has 7 nitrogen and oxygen atoms in total. The Balaban J connectivity index is 1.77. The zero-order valence-corrected chi connectivity index (χ0v) is 16.1. The molecule has 28 heavy (non-hydrogen) atoms. The molecular weight excluding hydrogens is 356 g/mol. The second-order valence-electron chi connectivity index (χ2n) is 6.85. The smallest absolute Gasteiger partial charge is 0.439 e. The fourth-order valence-corrected chi connectivity index (χ4v) is 3.39. The fraction of sp³-hybridized carbons (Fsp3) is 0.286. The zero-order chi connectivity index (χ0) is 19.7. The number of hydrogen-bond donors (Lipinski definition) is 1. The van der Waals surface area contributed by atoms with Crippen LogP contribution in [0.2, 0.25) is 0 Å². The van der Waals surface area contributed by atoms with Gasteiger partial charge in [0, 0.05) is 16.6 Å². The molecule has 0 amide bonds. The molecule has 3 aromatic heterocycles. The summed E-state index contributed by atoms with van der Waals surface area (Å²) in [6, 6.07) is 14.0. The van der Waals surface area contributed by atoms with E-state index in [0.717, 1.165) is 28.8 Å². The number of ether oxygens (including phenoxy) is 1. The van der Waals surface area contributed by atoms with Crippen molar-refractivity contribution in [2.24, 2.45) is 0 Å². The Morgan fingerprint density at radius 3 is 2.82 bits per heavy atom. The van der Waals surface area contributed by atoms with Gasteiger partial charge < -0.3 is 9.30 Å². The number of hydrogen-bond acceptors (Lipinski definition) is 5. The maximum absolute atomic E-state index is 11.2. The largest absolute Gasteiger partial charge is 0.497 e. The number of fused-ring (bicyclic) bond motifs is 1. The van der Waals surface area contributed by atoms with Gasteiger partial charge in [0.25, 0.3) is 0 Å². The van der Waals surface area contributed by atoms with E-state index >= 15 is 0 Å². The van der Waals surface area contributed by atoms with Crippen molar-refractivity contribution < 1.29 is 9.26 Å². The van der Waals surface area contributed by atoms with Gasteiger partial charge in [-0.05, 0) is 48.7 Å². The van der Waals surface area contributed by atoms with Crippen LogP contribution in [0.3, 0.4) is 0 Å². The minimum atomic E-state index is -0.591. The Morgan fingerprint density at radius 1 is 1.25 bits per heavy atom. The first kappa shape index (κ1) is 18.0. The molecule has 4 aromatic rings. The van der Waals surface area contributed by atoms with Crippen LogP contribution in [-0.2, 0) is 6.54 Å². The number of aromatic amines is 1. The van der Waals surface area contributed by atoms with Gasteiger partial charge in [-0.3, -0.25) is 9.51 Å². The average molecular weight is 378 g/mol. The molecule has 0 aliphatic heterocycles. The van der Waals surface area contributed by atoms with Gasteiger partial charge >= 0.3 is 5.76 Å². The summed E-state index contributed by atoms with van der Waals surface area (Å²) in [6.45, 7) is 5.03. The van der Waals surface area contributed by atoms with Gasteiger partial charge in [-0.15, -0.1) is 0 Å². The quantitative estimate of drug-likeness (QED) is 0.549. The molecule has 4 rings (SSSR count). The number of nitrogens with one attached hydrogen (secondary N) is 1. The number of benzene rings is 1. The molecule has 0 aliphatic carbocycles. The summed E-state index contributed by atoms with van der Waals surface area (Å²) in [6.07, 6.45) is 1.04. The lowest BCUT2D eigenvalue weighted by atomic mass is 10.0. The van der Waals surface area contributed by atoms with Crippen LogP contribution in [0.4, 0.5) is 0 Å². The van der Waals surface area contributed by atoms with Crippen LogP contribution in [0.5, 0.6) is 5.75 Å². The third kappa shape index (κ3) is 3.31.